The van der Waals surface area contributed by atoms with Crippen LogP contribution in [-0.4, -0.2) is 111 Å². The van der Waals surface area contributed by atoms with E-state index in [1.54, 1.807) is 11.8 Å². The molecular formula is C29H44N6O4. The molecule has 1 aromatic rings. The minimum Gasteiger partial charge on any atom is -0.493 e. The molecule has 4 aliphatic heterocycles. The fourth-order valence-corrected chi connectivity index (χ4v) is 6.44. The van der Waals surface area contributed by atoms with E-state index in [4.69, 9.17) is 4.74 Å². The second-order valence-corrected chi connectivity index (χ2v) is 11.4. The van der Waals surface area contributed by atoms with Gasteiger partial charge >= 0.3 is 0 Å². The van der Waals surface area contributed by atoms with Crippen LogP contribution in [0.3, 0.4) is 0 Å². The number of amides is 3. The molecule has 10 nitrogen and oxygen atoms in total. The van der Waals surface area contributed by atoms with Crippen LogP contribution in [0.4, 0.5) is 5.69 Å². The number of carbonyl (C=O) groups is 3. The second kappa shape index (κ2) is 13.0. The van der Waals surface area contributed by atoms with Crippen molar-refractivity contribution in [1.29, 1.82) is 0 Å². The molecule has 2 atom stereocenters. The molecule has 2 bridgehead atoms. The first-order valence-electron chi connectivity index (χ1n) is 14.7. The molecule has 0 saturated carbocycles. The number of hydrogen-bond acceptors (Lipinski definition) is 7. The first-order valence-corrected chi connectivity index (χ1v) is 14.7. The molecule has 0 unspecified atom stereocenters. The van der Waals surface area contributed by atoms with Gasteiger partial charge in [-0.2, -0.15) is 0 Å². The van der Waals surface area contributed by atoms with E-state index in [-0.39, 0.29) is 29.6 Å². The quantitative estimate of drug-likeness (QED) is 0.588. The molecule has 0 aliphatic carbocycles. The molecule has 0 aromatic heterocycles. The average Bonchev–Trinajstić information content (AvgIpc) is 2.97. The average molecular weight is 541 g/mol. The van der Waals surface area contributed by atoms with Crippen molar-refractivity contribution in [2.24, 2.45) is 11.8 Å². The number of benzene rings is 1. The van der Waals surface area contributed by atoms with Gasteiger partial charge in [0, 0.05) is 96.6 Å². The molecule has 3 amide bonds. The van der Waals surface area contributed by atoms with Gasteiger partial charge in [-0.1, -0.05) is 0 Å². The van der Waals surface area contributed by atoms with Gasteiger partial charge in [-0.25, -0.2) is 0 Å². The summed E-state index contributed by atoms with van der Waals surface area (Å²) in [5.74, 6) is 1.81. The van der Waals surface area contributed by atoms with Crippen molar-refractivity contribution in [2.45, 2.75) is 39.2 Å². The highest BCUT2D eigenvalue weighted by Crippen LogP contribution is 2.32. The van der Waals surface area contributed by atoms with Crippen LogP contribution in [0.1, 0.15) is 38.2 Å². The van der Waals surface area contributed by atoms with Gasteiger partial charge in [0.15, 0.2) is 0 Å². The van der Waals surface area contributed by atoms with Crippen LogP contribution in [0.25, 0.3) is 0 Å². The van der Waals surface area contributed by atoms with Crippen LogP contribution in [0.15, 0.2) is 18.2 Å². The molecule has 1 aromatic carbocycles. The third-order valence-corrected chi connectivity index (χ3v) is 8.85. The van der Waals surface area contributed by atoms with Gasteiger partial charge in [0.25, 0.3) is 0 Å². The van der Waals surface area contributed by atoms with Gasteiger partial charge in [0.05, 0.1) is 13.2 Å². The van der Waals surface area contributed by atoms with Crippen LogP contribution >= 0.6 is 0 Å². The minimum atomic E-state index is 0.0717. The van der Waals surface area contributed by atoms with E-state index in [9.17, 15) is 14.4 Å². The summed E-state index contributed by atoms with van der Waals surface area (Å²) >= 11 is 0. The van der Waals surface area contributed by atoms with Crippen molar-refractivity contribution < 1.29 is 19.1 Å². The molecule has 2 N–H and O–H groups in total. The standard InChI is InChI=1S/C29H44N6O4/c1-22(36)32-12-14-34(15-13-32)28(37)18-23-6-9-35-21-24(23)3-2-16-39-27-5-4-26(33-10-7-30-8-11-33)17-25(27)19-31-20-29(35)38/h4-5,17,23-24,30-31H,2-3,6-16,18-21H2,1H3/t23-,24-/m0/s1. The summed E-state index contributed by atoms with van der Waals surface area (Å²) in [6, 6.07) is 6.42. The number of hydrogen-bond donors (Lipinski definition) is 2. The number of nitrogens with zero attached hydrogens (tertiary/aromatic N) is 4. The van der Waals surface area contributed by atoms with E-state index >= 15 is 0 Å². The number of carbonyl (C=O) groups excluding carboxylic acids is 3. The Hall–Kier alpha value is -2.85. The number of ether oxygens (including phenoxy) is 1. The van der Waals surface area contributed by atoms with Crippen molar-refractivity contribution in [2.75, 3.05) is 83.5 Å². The molecule has 4 aliphatic rings. The van der Waals surface area contributed by atoms with Crippen molar-refractivity contribution in [3.8, 4) is 5.75 Å². The Morgan fingerprint density at radius 1 is 0.923 bits per heavy atom. The van der Waals surface area contributed by atoms with Crippen molar-refractivity contribution in [3.05, 3.63) is 23.8 Å². The summed E-state index contributed by atoms with van der Waals surface area (Å²) in [5, 5.41) is 6.77. The minimum absolute atomic E-state index is 0.0717. The number of piperidine rings is 1. The zero-order valence-electron chi connectivity index (χ0n) is 23.3. The molecule has 3 saturated heterocycles. The third kappa shape index (κ3) is 7.03. The van der Waals surface area contributed by atoms with Gasteiger partial charge in [-0.05, 0) is 49.3 Å². The Morgan fingerprint density at radius 3 is 2.46 bits per heavy atom. The van der Waals surface area contributed by atoms with E-state index < -0.39 is 0 Å². The number of fused-ring (bicyclic) bond motifs is 3. The summed E-state index contributed by atoms with van der Waals surface area (Å²) in [6.45, 7) is 10.9. The Balaban J connectivity index is 1.21. The number of nitrogens with one attached hydrogen (secondary N) is 2. The predicted octanol–water partition coefficient (Wildman–Crippen LogP) is 0.904. The maximum atomic E-state index is 13.2. The Bertz CT molecular complexity index is 1020. The van der Waals surface area contributed by atoms with Crippen LogP contribution in [0.2, 0.25) is 0 Å². The van der Waals surface area contributed by atoms with Gasteiger partial charge < -0.3 is 35.0 Å². The Morgan fingerprint density at radius 2 is 1.69 bits per heavy atom. The van der Waals surface area contributed by atoms with Gasteiger partial charge in [0.2, 0.25) is 17.7 Å². The Kier molecular flexibility index (Phi) is 9.24. The first kappa shape index (κ1) is 27.7. The van der Waals surface area contributed by atoms with E-state index in [0.29, 0.717) is 65.4 Å². The maximum absolute atomic E-state index is 13.2. The zero-order chi connectivity index (χ0) is 27.2. The number of anilines is 1. The molecular weight excluding hydrogens is 496 g/mol. The van der Waals surface area contributed by atoms with E-state index in [1.807, 2.05) is 9.80 Å². The molecule has 3 fully saturated rings. The largest absolute Gasteiger partial charge is 0.493 e. The summed E-state index contributed by atoms with van der Waals surface area (Å²) in [6.07, 6.45) is 3.19. The van der Waals surface area contributed by atoms with E-state index in [1.165, 1.54) is 5.69 Å². The van der Waals surface area contributed by atoms with Crippen molar-refractivity contribution >= 4 is 23.4 Å². The number of rotatable bonds is 3. The van der Waals surface area contributed by atoms with Crippen molar-refractivity contribution in [1.82, 2.24) is 25.3 Å². The highest BCUT2D eigenvalue weighted by Gasteiger charge is 2.34. The summed E-state index contributed by atoms with van der Waals surface area (Å²) in [5.41, 5.74) is 2.29. The second-order valence-electron chi connectivity index (χ2n) is 11.4. The van der Waals surface area contributed by atoms with Gasteiger partial charge in [-0.3, -0.25) is 14.4 Å². The number of piperazine rings is 2. The molecule has 39 heavy (non-hydrogen) atoms. The van der Waals surface area contributed by atoms with Crippen LogP contribution < -0.4 is 20.3 Å². The fraction of sp³-hybridized carbons (Fsp3) is 0.690. The molecule has 4 heterocycles. The highest BCUT2D eigenvalue weighted by atomic mass is 16.5. The van der Waals surface area contributed by atoms with Crippen LogP contribution in [0.5, 0.6) is 5.75 Å². The van der Waals surface area contributed by atoms with E-state index in [2.05, 4.69) is 33.7 Å². The lowest BCUT2D eigenvalue weighted by Crippen LogP contribution is -2.51. The lowest BCUT2D eigenvalue weighted by atomic mass is 9.80. The zero-order valence-corrected chi connectivity index (χ0v) is 23.3. The third-order valence-electron chi connectivity index (χ3n) is 8.85. The van der Waals surface area contributed by atoms with Crippen LogP contribution in [-0.2, 0) is 20.9 Å². The fourth-order valence-electron chi connectivity index (χ4n) is 6.44. The van der Waals surface area contributed by atoms with Gasteiger partial charge in [0.1, 0.15) is 5.75 Å². The van der Waals surface area contributed by atoms with Gasteiger partial charge in [-0.15, -0.1) is 0 Å². The molecule has 10 heteroatoms. The summed E-state index contributed by atoms with van der Waals surface area (Å²) in [7, 11) is 0. The monoisotopic (exact) mass is 540 g/mol. The summed E-state index contributed by atoms with van der Waals surface area (Å²) < 4.78 is 6.27. The van der Waals surface area contributed by atoms with E-state index in [0.717, 1.165) is 56.8 Å². The molecule has 0 radical (unpaired) electrons. The Labute approximate surface area is 232 Å². The normalized spacial score (nSPS) is 25.1. The molecule has 0 spiro atoms. The topological polar surface area (TPSA) is 97.5 Å². The highest BCUT2D eigenvalue weighted by molar-refractivity contribution is 5.79. The first-order chi connectivity index (χ1) is 19.0. The smallest absolute Gasteiger partial charge is 0.236 e. The molecule has 5 rings (SSSR count). The predicted molar refractivity (Wildman–Crippen MR) is 150 cm³/mol. The maximum Gasteiger partial charge on any atom is 0.236 e. The summed E-state index contributed by atoms with van der Waals surface area (Å²) in [4.78, 5) is 46.0. The lowest BCUT2D eigenvalue weighted by Gasteiger charge is -2.40. The van der Waals surface area contributed by atoms with Crippen molar-refractivity contribution in [3.63, 3.8) is 0 Å². The lowest BCUT2D eigenvalue weighted by molar-refractivity contribution is -0.140. The SMILES string of the molecule is CC(=O)N1CCN(C(=O)C[C@@H]2CCN3C[C@@H]2CCCOc2ccc(N4CCNCC4)cc2CNCC3=O)CC1. The molecule has 214 valence electrons. The van der Waals surface area contributed by atoms with Crippen LogP contribution in [0, 0.1) is 11.8 Å².